The molecule has 24 heavy (non-hydrogen) atoms. The van der Waals surface area contributed by atoms with Gasteiger partial charge < -0.3 is 15.5 Å². The first-order valence-electron chi connectivity index (χ1n) is 8.40. The van der Waals surface area contributed by atoms with Crippen molar-refractivity contribution in [3.8, 4) is 0 Å². The van der Waals surface area contributed by atoms with Crippen molar-refractivity contribution in [2.24, 2.45) is 0 Å². The van der Waals surface area contributed by atoms with E-state index in [0.717, 1.165) is 21.4 Å². The number of quaternary nitrogens is 1. The number of hydrogen-bond acceptors (Lipinski definition) is 2. The van der Waals surface area contributed by atoms with Crippen LogP contribution in [0, 0.1) is 0 Å². The predicted molar refractivity (Wildman–Crippen MR) is 97.1 cm³/mol. The van der Waals surface area contributed by atoms with E-state index in [-0.39, 0.29) is 24.4 Å². The Balaban J connectivity index is 1.99. The highest BCUT2D eigenvalue weighted by molar-refractivity contribution is 6.02. The van der Waals surface area contributed by atoms with Crippen LogP contribution in [0.3, 0.4) is 0 Å². The number of amides is 2. The summed E-state index contributed by atoms with van der Waals surface area (Å²) < 4.78 is 0. The zero-order valence-electron chi connectivity index (χ0n) is 14.6. The second-order valence-electron chi connectivity index (χ2n) is 6.25. The standard InChI is InChI=1S/C19H25N3O2/c1-4-22(12-18(23)20-14(2)3)13-19(24)21-17-11-7-9-15-8-5-6-10-16(15)17/h5-11,14H,4,12-13H2,1-3H3,(H,20,23)(H,21,24)/p+1. The van der Waals surface area contributed by atoms with E-state index in [1.165, 1.54) is 0 Å². The fraction of sp³-hybridized carbons (Fsp3) is 0.368. The van der Waals surface area contributed by atoms with Crippen molar-refractivity contribution in [1.82, 2.24) is 5.32 Å². The molecule has 0 fully saturated rings. The molecule has 0 aliphatic heterocycles. The van der Waals surface area contributed by atoms with Gasteiger partial charge in [0.05, 0.1) is 6.54 Å². The molecule has 2 aromatic rings. The summed E-state index contributed by atoms with van der Waals surface area (Å²) in [5, 5.41) is 7.94. The molecule has 2 amide bonds. The smallest absolute Gasteiger partial charge is 0.279 e. The largest absolute Gasteiger partial charge is 0.349 e. The van der Waals surface area contributed by atoms with E-state index in [0.29, 0.717) is 13.1 Å². The maximum absolute atomic E-state index is 12.4. The highest BCUT2D eigenvalue weighted by Crippen LogP contribution is 2.22. The number of anilines is 1. The van der Waals surface area contributed by atoms with Crippen molar-refractivity contribution < 1.29 is 14.5 Å². The van der Waals surface area contributed by atoms with Crippen molar-refractivity contribution in [2.45, 2.75) is 26.8 Å². The first kappa shape index (κ1) is 17.9. The van der Waals surface area contributed by atoms with Gasteiger partial charge in [0, 0.05) is 17.1 Å². The van der Waals surface area contributed by atoms with Gasteiger partial charge in [-0.25, -0.2) is 0 Å². The molecule has 5 heteroatoms. The fourth-order valence-corrected chi connectivity index (χ4v) is 2.67. The SMILES string of the molecule is CC[NH+](CC(=O)Nc1cccc2ccccc12)CC(=O)NC(C)C. The first-order chi connectivity index (χ1) is 11.5. The van der Waals surface area contributed by atoms with Crippen LogP contribution in [0.4, 0.5) is 5.69 Å². The molecule has 2 rings (SSSR count). The fourth-order valence-electron chi connectivity index (χ4n) is 2.67. The molecule has 0 saturated heterocycles. The Hall–Kier alpha value is -2.40. The lowest BCUT2D eigenvalue weighted by Gasteiger charge is -2.18. The van der Waals surface area contributed by atoms with Crippen molar-refractivity contribution >= 4 is 28.3 Å². The van der Waals surface area contributed by atoms with Crippen LogP contribution in [0.15, 0.2) is 42.5 Å². The van der Waals surface area contributed by atoms with Crippen LogP contribution in [0.1, 0.15) is 20.8 Å². The summed E-state index contributed by atoms with van der Waals surface area (Å²) in [6.07, 6.45) is 0. The van der Waals surface area contributed by atoms with E-state index >= 15 is 0 Å². The van der Waals surface area contributed by atoms with Gasteiger partial charge in [0.1, 0.15) is 0 Å². The van der Waals surface area contributed by atoms with Gasteiger partial charge in [-0.15, -0.1) is 0 Å². The lowest BCUT2D eigenvalue weighted by atomic mass is 10.1. The number of nitrogens with one attached hydrogen (secondary N) is 3. The normalized spacial score (nSPS) is 12.2. The summed E-state index contributed by atoms with van der Waals surface area (Å²) >= 11 is 0. The van der Waals surface area contributed by atoms with Crippen LogP contribution in [0.25, 0.3) is 10.8 Å². The van der Waals surface area contributed by atoms with Gasteiger partial charge in [-0.3, -0.25) is 9.59 Å². The highest BCUT2D eigenvalue weighted by Gasteiger charge is 2.17. The lowest BCUT2D eigenvalue weighted by Crippen LogP contribution is -3.14. The summed E-state index contributed by atoms with van der Waals surface area (Å²) in [7, 11) is 0. The number of likely N-dealkylation sites (N-methyl/N-ethyl adjacent to an activating group) is 1. The van der Waals surface area contributed by atoms with E-state index in [9.17, 15) is 9.59 Å². The van der Waals surface area contributed by atoms with Crippen LogP contribution < -0.4 is 15.5 Å². The van der Waals surface area contributed by atoms with Gasteiger partial charge in [0.25, 0.3) is 11.8 Å². The summed E-state index contributed by atoms with van der Waals surface area (Å²) in [6, 6.07) is 13.9. The Morgan fingerprint density at radius 1 is 1.00 bits per heavy atom. The van der Waals surface area contributed by atoms with Crippen molar-refractivity contribution in [2.75, 3.05) is 25.0 Å². The number of carbonyl (C=O) groups is 2. The van der Waals surface area contributed by atoms with Crippen molar-refractivity contribution in [3.05, 3.63) is 42.5 Å². The zero-order valence-corrected chi connectivity index (χ0v) is 14.6. The minimum Gasteiger partial charge on any atom is -0.349 e. The van der Waals surface area contributed by atoms with E-state index in [2.05, 4.69) is 10.6 Å². The van der Waals surface area contributed by atoms with Crippen LogP contribution in [0.5, 0.6) is 0 Å². The van der Waals surface area contributed by atoms with Crippen LogP contribution >= 0.6 is 0 Å². The highest BCUT2D eigenvalue weighted by atomic mass is 16.2. The molecule has 0 saturated carbocycles. The van der Waals surface area contributed by atoms with Gasteiger partial charge in [0.2, 0.25) is 0 Å². The molecule has 0 heterocycles. The van der Waals surface area contributed by atoms with E-state index in [4.69, 9.17) is 0 Å². The third-order valence-corrected chi connectivity index (χ3v) is 3.83. The third kappa shape index (κ3) is 5.06. The molecule has 128 valence electrons. The summed E-state index contributed by atoms with van der Waals surface area (Å²) in [6.45, 7) is 7.12. The van der Waals surface area contributed by atoms with Gasteiger partial charge in [0.15, 0.2) is 13.1 Å². The number of fused-ring (bicyclic) bond motifs is 1. The van der Waals surface area contributed by atoms with Gasteiger partial charge in [-0.2, -0.15) is 0 Å². The number of rotatable bonds is 7. The summed E-state index contributed by atoms with van der Waals surface area (Å²) in [4.78, 5) is 25.2. The quantitative estimate of drug-likeness (QED) is 0.715. The predicted octanol–water partition coefficient (Wildman–Crippen LogP) is 1.21. The van der Waals surface area contributed by atoms with Gasteiger partial charge in [-0.1, -0.05) is 36.4 Å². The molecule has 0 aromatic heterocycles. The Labute approximate surface area is 143 Å². The molecule has 1 unspecified atom stereocenters. The third-order valence-electron chi connectivity index (χ3n) is 3.83. The summed E-state index contributed by atoms with van der Waals surface area (Å²) in [5.41, 5.74) is 0.806. The van der Waals surface area contributed by atoms with Crippen molar-refractivity contribution in [1.29, 1.82) is 0 Å². The molecular weight excluding hydrogens is 302 g/mol. The molecule has 5 nitrogen and oxygen atoms in total. The Morgan fingerprint density at radius 2 is 1.67 bits per heavy atom. The molecule has 0 spiro atoms. The molecule has 2 aromatic carbocycles. The molecule has 0 aliphatic carbocycles. The van der Waals surface area contributed by atoms with E-state index in [1.807, 2.05) is 63.2 Å². The number of benzene rings is 2. The zero-order chi connectivity index (χ0) is 17.5. The van der Waals surface area contributed by atoms with E-state index in [1.54, 1.807) is 0 Å². The van der Waals surface area contributed by atoms with Crippen LogP contribution in [0.2, 0.25) is 0 Å². The molecular formula is C19H26N3O2+. The minimum atomic E-state index is -0.0828. The maximum Gasteiger partial charge on any atom is 0.279 e. The molecule has 0 radical (unpaired) electrons. The topological polar surface area (TPSA) is 62.6 Å². The Bertz CT molecular complexity index is 707. The lowest BCUT2D eigenvalue weighted by molar-refractivity contribution is -0.881. The van der Waals surface area contributed by atoms with Crippen molar-refractivity contribution in [3.63, 3.8) is 0 Å². The second-order valence-corrected chi connectivity index (χ2v) is 6.25. The Kier molecular flexibility index (Phi) is 6.32. The Morgan fingerprint density at radius 3 is 2.38 bits per heavy atom. The van der Waals surface area contributed by atoms with Gasteiger partial charge in [-0.05, 0) is 32.2 Å². The average molecular weight is 328 g/mol. The van der Waals surface area contributed by atoms with Crippen LogP contribution in [-0.4, -0.2) is 37.5 Å². The molecule has 0 bridgehead atoms. The second kappa shape index (κ2) is 8.45. The molecule has 0 aliphatic rings. The number of hydrogen-bond donors (Lipinski definition) is 3. The monoisotopic (exact) mass is 328 g/mol. The van der Waals surface area contributed by atoms with E-state index < -0.39 is 0 Å². The number of carbonyl (C=O) groups excluding carboxylic acids is 2. The van der Waals surface area contributed by atoms with Crippen LogP contribution in [-0.2, 0) is 9.59 Å². The molecule has 3 N–H and O–H groups in total. The maximum atomic E-state index is 12.4. The first-order valence-corrected chi connectivity index (χ1v) is 8.40. The summed E-state index contributed by atoms with van der Waals surface area (Å²) in [5.74, 6) is -0.111. The van der Waals surface area contributed by atoms with Gasteiger partial charge >= 0.3 is 0 Å². The average Bonchev–Trinajstić information content (AvgIpc) is 2.53. The molecule has 1 atom stereocenters. The minimum absolute atomic E-state index is 0.0280.